The number of urea groups is 1. The normalized spacial score (nSPS) is 19.1. The Morgan fingerprint density at radius 3 is 2.68 bits per heavy atom. The van der Waals surface area contributed by atoms with Gasteiger partial charge in [-0.1, -0.05) is 23.4 Å². The molecule has 3 rings (SSSR count). The summed E-state index contributed by atoms with van der Waals surface area (Å²) in [4.78, 5) is 15.5. The summed E-state index contributed by atoms with van der Waals surface area (Å²) in [5.41, 5.74) is -3.82. The molecule has 128 valence electrons. The van der Waals surface area contributed by atoms with Gasteiger partial charge in [-0.25, -0.2) is 4.79 Å². The number of hydrogen-bond acceptors (Lipinski definition) is 3. The predicted octanol–water partition coefficient (Wildman–Crippen LogP) is 3.39. The highest BCUT2D eigenvalue weighted by molar-refractivity contribution is 6.32. The van der Waals surface area contributed by atoms with E-state index in [1.165, 1.54) is 36.7 Å². The van der Waals surface area contributed by atoms with Gasteiger partial charge in [0.05, 0.1) is 16.3 Å². The van der Waals surface area contributed by atoms with Crippen molar-refractivity contribution in [1.29, 1.82) is 0 Å². The highest BCUT2D eigenvalue weighted by Gasteiger charge is 2.60. The smallest absolute Gasteiger partial charge is 0.427 e. The number of aromatic hydroxyl groups is 1. The van der Waals surface area contributed by atoms with E-state index < -0.39 is 29.1 Å². The maximum Gasteiger partial charge on any atom is 0.427 e. The molecule has 3 N–H and O–H groups in total. The van der Waals surface area contributed by atoms with E-state index in [2.05, 4.69) is 16.2 Å². The zero-order chi connectivity index (χ0) is 18.2. The van der Waals surface area contributed by atoms with Gasteiger partial charge in [-0.2, -0.15) is 13.2 Å². The van der Waals surface area contributed by atoms with Crippen LogP contribution in [0.15, 0.2) is 36.7 Å². The number of amides is 2. The molecule has 1 aliphatic heterocycles. The number of carbonyl (C=O) groups excluding carboxylic acids is 1. The lowest BCUT2D eigenvalue weighted by atomic mass is 9.85. The van der Waals surface area contributed by atoms with Crippen molar-refractivity contribution in [3.63, 3.8) is 0 Å². The number of halogens is 4. The zero-order valence-electron chi connectivity index (χ0n) is 12.3. The van der Waals surface area contributed by atoms with Crippen molar-refractivity contribution in [3.05, 3.63) is 52.8 Å². The van der Waals surface area contributed by atoms with Crippen LogP contribution in [0, 0.1) is 11.8 Å². The fraction of sp³-hybridized carbons (Fsp3) is 0.125. The van der Waals surface area contributed by atoms with E-state index in [9.17, 15) is 23.1 Å². The number of pyridine rings is 1. The molecule has 0 radical (unpaired) electrons. The minimum atomic E-state index is -5.03. The Labute approximate surface area is 144 Å². The monoisotopic (exact) mass is 367 g/mol. The topological polar surface area (TPSA) is 74.2 Å². The number of anilines is 1. The summed E-state index contributed by atoms with van der Waals surface area (Å²) in [5.74, 6) is 3.57. The van der Waals surface area contributed by atoms with Gasteiger partial charge in [-0.05, 0) is 24.3 Å². The van der Waals surface area contributed by atoms with Gasteiger partial charge in [0.25, 0.3) is 0 Å². The molecule has 5 nitrogen and oxygen atoms in total. The molecule has 1 aromatic carbocycles. The molecule has 1 unspecified atom stereocenters. The number of hydrogen-bond donors (Lipinski definition) is 3. The van der Waals surface area contributed by atoms with Crippen LogP contribution in [-0.2, 0) is 5.54 Å². The molecule has 0 saturated carbocycles. The van der Waals surface area contributed by atoms with E-state index >= 15 is 0 Å². The van der Waals surface area contributed by atoms with Crippen molar-refractivity contribution >= 4 is 23.3 Å². The Hall–Kier alpha value is -2.92. The van der Waals surface area contributed by atoms with Crippen LogP contribution in [0.3, 0.4) is 0 Å². The molecule has 0 saturated heterocycles. The minimum Gasteiger partial charge on any atom is -0.506 e. The van der Waals surface area contributed by atoms with Gasteiger partial charge in [-0.15, -0.1) is 0 Å². The number of nitrogens with one attached hydrogen (secondary N) is 2. The summed E-state index contributed by atoms with van der Waals surface area (Å²) in [5, 5.41) is 13.8. The highest BCUT2D eigenvalue weighted by Crippen LogP contribution is 2.49. The second-order valence-corrected chi connectivity index (χ2v) is 5.54. The third-order valence-corrected chi connectivity index (χ3v) is 3.84. The first kappa shape index (κ1) is 16.9. The number of phenols is 1. The van der Waals surface area contributed by atoms with Gasteiger partial charge >= 0.3 is 12.2 Å². The molecule has 1 atom stereocenters. The molecule has 0 aliphatic carbocycles. The maximum absolute atomic E-state index is 13.9. The van der Waals surface area contributed by atoms with Gasteiger partial charge < -0.3 is 15.7 Å². The number of nitrogens with zero attached hydrogens (tertiary/aromatic N) is 1. The van der Waals surface area contributed by atoms with Gasteiger partial charge in [-0.3, -0.25) is 4.98 Å². The van der Waals surface area contributed by atoms with E-state index in [0.29, 0.717) is 0 Å². The summed E-state index contributed by atoms with van der Waals surface area (Å²) in [6.45, 7) is 0. The molecule has 2 aromatic rings. The van der Waals surface area contributed by atoms with Crippen LogP contribution in [0.1, 0.15) is 11.1 Å². The number of alkyl halides is 3. The molecule has 9 heteroatoms. The molecule has 1 aromatic heterocycles. The highest BCUT2D eigenvalue weighted by atomic mass is 35.5. The Morgan fingerprint density at radius 2 is 2.04 bits per heavy atom. The van der Waals surface area contributed by atoms with Crippen LogP contribution in [0.5, 0.6) is 5.75 Å². The van der Waals surface area contributed by atoms with E-state index in [-0.39, 0.29) is 16.3 Å². The van der Waals surface area contributed by atoms with Gasteiger partial charge in [0.15, 0.2) is 0 Å². The van der Waals surface area contributed by atoms with E-state index in [1.54, 1.807) is 5.32 Å². The zero-order valence-corrected chi connectivity index (χ0v) is 13.0. The van der Waals surface area contributed by atoms with Crippen LogP contribution in [0.4, 0.5) is 23.7 Å². The predicted molar refractivity (Wildman–Crippen MR) is 84.1 cm³/mol. The second-order valence-electron chi connectivity index (χ2n) is 5.14. The van der Waals surface area contributed by atoms with Crippen LogP contribution in [0.25, 0.3) is 0 Å². The third-order valence-electron chi connectivity index (χ3n) is 3.53. The first-order chi connectivity index (χ1) is 11.7. The number of carbonyl (C=O) groups is 1. The molecule has 1 aliphatic rings. The molecule has 0 fully saturated rings. The van der Waals surface area contributed by atoms with E-state index in [1.807, 2.05) is 5.92 Å². The Bertz CT molecular complexity index is 907. The molecule has 0 bridgehead atoms. The van der Waals surface area contributed by atoms with Crippen molar-refractivity contribution < 1.29 is 23.1 Å². The summed E-state index contributed by atoms with van der Waals surface area (Å²) in [6.07, 6.45) is -2.31. The second kappa shape index (κ2) is 5.86. The maximum atomic E-state index is 13.9. The standard InChI is InChI=1S/C16H9ClF3N3O2/c17-10-3-4-11-12(13(10)24)15(16(18,19)20,23-14(25)22-11)6-5-9-2-1-7-21-8-9/h1-4,7-8,24H,(H2,22,23,25). The van der Waals surface area contributed by atoms with Crippen molar-refractivity contribution in [1.82, 2.24) is 10.3 Å². The molecule has 2 heterocycles. The molecule has 0 spiro atoms. The lowest BCUT2D eigenvalue weighted by molar-refractivity contribution is -0.179. The number of benzene rings is 1. The first-order valence-electron chi connectivity index (χ1n) is 6.85. The van der Waals surface area contributed by atoms with Crippen LogP contribution in [0.2, 0.25) is 5.02 Å². The summed E-state index contributed by atoms with van der Waals surface area (Å²) >= 11 is 5.76. The first-order valence-corrected chi connectivity index (χ1v) is 7.23. The quantitative estimate of drug-likeness (QED) is 0.625. The lowest BCUT2D eigenvalue weighted by Gasteiger charge is -2.37. The molecule has 25 heavy (non-hydrogen) atoms. The van der Waals surface area contributed by atoms with Crippen LogP contribution >= 0.6 is 11.6 Å². The van der Waals surface area contributed by atoms with Gasteiger partial charge in [0.2, 0.25) is 5.54 Å². The SMILES string of the molecule is O=C1Nc2ccc(Cl)c(O)c2C(C#Cc2cccnc2)(C(F)(F)F)N1. The number of phenolic OH excluding ortho intramolecular Hbond substituents is 1. The Morgan fingerprint density at radius 1 is 1.28 bits per heavy atom. The number of fused-ring (bicyclic) bond motifs is 1. The Kier molecular flexibility index (Phi) is 3.97. The van der Waals surface area contributed by atoms with Crippen LogP contribution < -0.4 is 10.6 Å². The van der Waals surface area contributed by atoms with Crippen molar-refractivity contribution in [2.45, 2.75) is 11.7 Å². The third kappa shape index (κ3) is 2.83. The average molecular weight is 368 g/mol. The average Bonchev–Trinajstić information content (AvgIpc) is 2.56. The van der Waals surface area contributed by atoms with Gasteiger partial charge in [0, 0.05) is 18.0 Å². The van der Waals surface area contributed by atoms with Crippen LogP contribution in [-0.4, -0.2) is 22.3 Å². The fourth-order valence-corrected chi connectivity index (χ4v) is 2.57. The van der Waals surface area contributed by atoms with Crippen molar-refractivity contribution in [2.24, 2.45) is 0 Å². The number of aromatic nitrogens is 1. The van der Waals surface area contributed by atoms with E-state index in [0.717, 1.165) is 0 Å². The molecular weight excluding hydrogens is 359 g/mol. The van der Waals surface area contributed by atoms with Crippen molar-refractivity contribution in [3.8, 4) is 17.6 Å². The van der Waals surface area contributed by atoms with Crippen molar-refractivity contribution in [2.75, 3.05) is 5.32 Å². The van der Waals surface area contributed by atoms with Gasteiger partial charge in [0.1, 0.15) is 5.75 Å². The fourth-order valence-electron chi connectivity index (χ4n) is 2.42. The number of rotatable bonds is 0. The summed E-state index contributed by atoms with van der Waals surface area (Å²) < 4.78 is 41.8. The molecular formula is C16H9ClF3N3O2. The summed E-state index contributed by atoms with van der Waals surface area (Å²) in [6, 6.07) is 4.21. The minimum absolute atomic E-state index is 0.210. The Balaban J connectivity index is 2.30. The lowest BCUT2D eigenvalue weighted by Crippen LogP contribution is -2.59. The largest absolute Gasteiger partial charge is 0.506 e. The summed E-state index contributed by atoms with van der Waals surface area (Å²) in [7, 11) is 0. The van der Waals surface area contributed by atoms with E-state index in [4.69, 9.17) is 11.6 Å². The molecule has 2 amide bonds.